The van der Waals surface area contributed by atoms with Gasteiger partial charge >= 0.3 is 0 Å². The molecule has 6 nitrogen and oxygen atoms in total. The van der Waals surface area contributed by atoms with Crippen molar-refractivity contribution in [2.75, 3.05) is 46.5 Å². The van der Waals surface area contributed by atoms with E-state index in [2.05, 4.69) is 20.5 Å². The first-order valence-electron chi connectivity index (χ1n) is 8.64. The molecule has 6 heteroatoms. The van der Waals surface area contributed by atoms with Crippen LogP contribution in [0.25, 0.3) is 0 Å². The molecule has 0 spiro atoms. The van der Waals surface area contributed by atoms with Gasteiger partial charge in [-0.25, -0.2) is 0 Å². The van der Waals surface area contributed by atoms with Crippen molar-refractivity contribution in [2.45, 2.75) is 44.2 Å². The first kappa shape index (κ1) is 16.0. The maximum Gasteiger partial charge on any atom is 0.191 e. The van der Waals surface area contributed by atoms with Crippen LogP contribution in [-0.2, 0) is 4.74 Å². The molecule has 3 fully saturated rings. The topological polar surface area (TPSA) is 69.1 Å². The van der Waals surface area contributed by atoms with E-state index in [1.54, 1.807) is 0 Å². The summed E-state index contributed by atoms with van der Waals surface area (Å²) in [7, 11) is 1.82. The number of aliphatic hydroxyl groups excluding tert-OH is 1. The van der Waals surface area contributed by atoms with Crippen LogP contribution >= 0.6 is 0 Å². The molecule has 3 rings (SSSR count). The Morgan fingerprint density at radius 3 is 2.73 bits per heavy atom. The number of nitrogens with one attached hydrogen (secondary N) is 2. The summed E-state index contributed by atoms with van der Waals surface area (Å²) in [5, 5.41) is 16.7. The highest BCUT2D eigenvalue weighted by atomic mass is 16.5. The van der Waals surface area contributed by atoms with Crippen molar-refractivity contribution < 1.29 is 9.84 Å². The number of nitrogens with zero attached hydrogens (tertiary/aromatic N) is 2. The molecule has 2 aliphatic heterocycles. The molecule has 2 heterocycles. The molecule has 1 unspecified atom stereocenters. The molecule has 1 aliphatic carbocycles. The van der Waals surface area contributed by atoms with Gasteiger partial charge in [-0.1, -0.05) is 0 Å². The van der Waals surface area contributed by atoms with Gasteiger partial charge < -0.3 is 20.5 Å². The zero-order valence-corrected chi connectivity index (χ0v) is 13.7. The van der Waals surface area contributed by atoms with E-state index in [1.807, 2.05) is 7.05 Å². The zero-order valence-electron chi connectivity index (χ0n) is 13.7. The van der Waals surface area contributed by atoms with Crippen LogP contribution in [0.1, 0.15) is 32.1 Å². The van der Waals surface area contributed by atoms with E-state index >= 15 is 0 Å². The van der Waals surface area contributed by atoms with Gasteiger partial charge in [0.2, 0.25) is 0 Å². The number of rotatable bonds is 5. The standard InChI is InChI=1S/C16H30N4O2/c1-17-15(18-11-16(12-21)5-8-22-9-6-16)19-13-4-7-20(10-13)14-2-3-14/h13-14,21H,2-12H2,1H3,(H2,17,18,19). The highest BCUT2D eigenvalue weighted by Crippen LogP contribution is 2.30. The summed E-state index contributed by atoms with van der Waals surface area (Å²) in [6.07, 6.45) is 5.76. The van der Waals surface area contributed by atoms with Crippen molar-refractivity contribution in [1.29, 1.82) is 0 Å². The quantitative estimate of drug-likeness (QED) is 0.499. The minimum atomic E-state index is -0.0639. The Morgan fingerprint density at radius 2 is 2.09 bits per heavy atom. The summed E-state index contributed by atoms with van der Waals surface area (Å²) in [5.41, 5.74) is -0.0639. The molecule has 126 valence electrons. The van der Waals surface area contributed by atoms with E-state index in [1.165, 1.54) is 25.8 Å². The third-order valence-corrected chi connectivity index (χ3v) is 5.37. The van der Waals surface area contributed by atoms with Gasteiger partial charge in [0.1, 0.15) is 0 Å². The summed E-state index contributed by atoms with van der Waals surface area (Å²) in [4.78, 5) is 6.95. The van der Waals surface area contributed by atoms with Gasteiger partial charge in [-0.05, 0) is 32.1 Å². The Labute approximate surface area is 133 Å². The van der Waals surface area contributed by atoms with Crippen molar-refractivity contribution >= 4 is 5.96 Å². The number of guanidine groups is 1. The second-order valence-electron chi connectivity index (χ2n) is 7.05. The highest BCUT2D eigenvalue weighted by Gasteiger charge is 2.35. The minimum Gasteiger partial charge on any atom is -0.396 e. The molecule has 0 aromatic rings. The Morgan fingerprint density at radius 1 is 1.32 bits per heavy atom. The van der Waals surface area contributed by atoms with Crippen LogP contribution in [0.2, 0.25) is 0 Å². The zero-order chi connectivity index (χ0) is 15.4. The first-order chi connectivity index (χ1) is 10.7. The fourth-order valence-corrected chi connectivity index (χ4v) is 3.53. The third kappa shape index (κ3) is 3.91. The predicted octanol–water partition coefficient (Wildman–Crippen LogP) is 0.177. The minimum absolute atomic E-state index is 0.0639. The number of aliphatic hydroxyl groups is 1. The van der Waals surface area contributed by atoms with Crippen molar-refractivity contribution in [3.63, 3.8) is 0 Å². The predicted molar refractivity (Wildman–Crippen MR) is 87.1 cm³/mol. The summed E-state index contributed by atoms with van der Waals surface area (Å²) in [6, 6.07) is 1.34. The molecule has 2 saturated heterocycles. The maximum atomic E-state index is 9.75. The fourth-order valence-electron chi connectivity index (χ4n) is 3.53. The molecule has 22 heavy (non-hydrogen) atoms. The third-order valence-electron chi connectivity index (χ3n) is 5.37. The Hall–Kier alpha value is -0.850. The van der Waals surface area contributed by atoms with Gasteiger partial charge in [0, 0.05) is 57.4 Å². The van der Waals surface area contributed by atoms with Gasteiger partial charge in [0.25, 0.3) is 0 Å². The maximum absolute atomic E-state index is 9.75. The van der Waals surface area contributed by atoms with E-state index in [0.717, 1.165) is 51.1 Å². The summed E-state index contributed by atoms with van der Waals surface area (Å²) < 4.78 is 5.42. The van der Waals surface area contributed by atoms with Gasteiger partial charge in [-0.15, -0.1) is 0 Å². The van der Waals surface area contributed by atoms with E-state index in [9.17, 15) is 5.11 Å². The SMILES string of the molecule is CN=C(NCC1(CO)CCOCC1)NC1CCN(C2CC2)C1. The van der Waals surface area contributed by atoms with E-state index < -0.39 is 0 Å². The molecule has 0 radical (unpaired) electrons. The lowest BCUT2D eigenvalue weighted by molar-refractivity contribution is -0.0132. The molecule has 1 saturated carbocycles. The molecule has 1 atom stereocenters. The second kappa shape index (κ2) is 7.15. The van der Waals surface area contributed by atoms with Crippen molar-refractivity contribution in [3.05, 3.63) is 0 Å². The van der Waals surface area contributed by atoms with E-state index in [-0.39, 0.29) is 12.0 Å². The van der Waals surface area contributed by atoms with Gasteiger partial charge in [-0.3, -0.25) is 9.89 Å². The molecule has 0 bridgehead atoms. The lowest BCUT2D eigenvalue weighted by atomic mass is 9.81. The number of ether oxygens (including phenoxy) is 1. The molecule has 0 aromatic heterocycles. The van der Waals surface area contributed by atoms with Gasteiger partial charge in [-0.2, -0.15) is 0 Å². The van der Waals surface area contributed by atoms with Crippen LogP contribution in [0.3, 0.4) is 0 Å². The van der Waals surface area contributed by atoms with Crippen LogP contribution in [0, 0.1) is 5.41 Å². The largest absolute Gasteiger partial charge is 0.396 e. The number of hydrogen-bond acceptors (Lipinski definition) is 4. The van der Waals surface area contributed by atoms with E-state index in [0.29, 0.717) is 6.04 Å². The van der Waals surface area contributed by atoms with Crippen LogP contribution in [0.5, 0.6) is 0 Å². The summed E-state index contributed by atoms with van der Waals surface area (Å²) in [6.45, 7) is 4.78. The van der Waals surface area contributed by atoms with Crippen LogP contribution in [0.15, 0.2) is 4.99 Å². The van der Waals surface area contributed by atoms with Gasteiger partial charge in [0.05, 0.1) is 6.61 Å². The first-order valence-corrected chi connectivity index (χ1v) is 8.64. The second-order valence-corrected chi connectivity index (χ2v) is 7.05. The Kier molecular flexibility index (Phi) is 5.21. The number of likely N-dealkylation sites (tertiary alicyclic amines) is 1. The molecule has 3 N–H and O–H groups in total. The van der Waals surface area contributed by atoms with Crippen molar-refractivity contribution in [2.24, 2.45) is 10.4 Å². The molecular formula is C16H30N4O2. The lowest BCUT2D eigenvalue weighted by Crippen LogP contribution is -2.50. The normalized spacial score (nSPS) is 29.5. The monoisotopic (exact) mass is 310 g/mol. The lowest BCUT2D eigenvalue weighted by Gasteiger charge is -2.36. The van der Waals surface area contributed by atoms with Crippen molar-refractivity contribution in [3.8, 4) is 0 Å². The smallest absolute Gasteiger partial charge is 0.191 e. The molecule has 3 aliphatic rings. The average Bonchev–Trinajstić information content (AvgIpc) is 3.32. The molecule has 0 amide bonds. The molecule has 0 aromatic carbocycles. The number of aliphatic imine (C=N–C) groups is 1. The number of hydrogen-bond donors (Lipinski definition) is 3. The van der Waals surface area contributed by atoms with Gasteiger partial charge in [0.15, 0.2) is 5.96 Å². The van der Waals surface area contributed by atoms with E-state index in [4.69, 9.17) is 4.74 Å². The molecular weight excluding hydrogens is 280 g/mol. The van der Waals surface area contributed by atoms with Crippen LogP contribution < -0.4 is 10.6 Å². The van der Waals surface area contributed by atoms with Crippen LogP contribution in [0.4, 0.5) is 0 Å². The average molecular weight is 310 g/mol. The summed E-state index contributed by atoms with van der Waals surface area (Å²) in [5.74, 6) is 0.863. The fraction of sp³-hybridized carbons (Fsp3) is 0.938. The van der Waals surface area contributed by atoms with Crippen molar-refractivity contribution in [1.82, 2.24) is 15.5 Å². The Bertz CT molecular complexity index is 392. The Balaban J connectivity index is 1.45. The highest BCUT2D eigenvalue weighted by molar-refractivity contribution is 5.80. The van der Waals surface area contributed by atoms with Crippen LogP contribution in [-0.4, -0.2) is 74.6 Å². The summed E-state index contributed by atoms with van der Waals surface area (Å²) >= 11 is 0.